The number of anilines is 1. The largest absolute Gasteiger partial charge is 0.385 e. The predicted octanol–water partition coefficient (Wildman–Crippen LogP) is 1.57. The van der Waals surface area contributed by atoms with Crippen molar-refractivity contribution in [3.05, 3.63) is 18.3 Å². The maximum Gasteiger partial charge on any atom is 0.119 e. The summed E-state index contributed by atoms with van der Waals surface area (Å²) < 4.78 is 2.05. The van der Waals surface area contributed by atoms with Crippen LogP contribution in [0.25, 0.3) is 11.0 Å². The predicted molar refractivity (Wildman–Crippen MR) is 46.4 cm³/mol. The van der Waals surface area contributed by atoms with Gasteiger partial charge in [0.2, 0.25) is 0 Å². The Kier molecular flexibility index (Phi) is 1.18. The van der Waals surface area contributed by atoms with Crippen LogP contribution in [-0.2, 0) is 6.54 Å². The number of H-pyrrole nitrogens is 1. The van der Waals surface area contributed by atoms with Gasteiger partial charge >= 0.3 is 0 Å². The molecule has 2 heterocycles. The molecule has 58 valence electrons. The van der Waals surface area contributed by atoms with Crippen LogP contribution in [0, 0.1) is 0 Å². The van der Waals surface area contributed by atoms with E-state index < -0.39 is 0 Å². The standard InChI is InChI=1S/C8H11N3/c1-2-11-7(9)5-6-3-4-10-8(6)11/h3-5,10H,2,9H2,1H3. The van der Waals surface area contributed by atoms with Gasteiger partial charge in [-0.15, -0.1) is 0 Å². The Morgan fingerprint density at radius 3 is 3.18 bits per heavy atom. The van der Waals surface area contributed by atoms with Gasteiger partial charge in [-0.3, -0.25) is 0 Å². The summed E-state index contributed by atoms with van der Waals surface area (Å²) in [5.41, 5.74) is 6.87. The number of nitrogens with zero attached hydrogens (tertiary/aromatic N) is 1. The van der Waals surface area contributed by atoms with Crippen LogP contribution < -0.4 is 5.73 Å². The Balaban J connectivity index is 2.80. The zero-order chi connectivity index (χ0) is 7.84. The maximum atomic E-state index is 5.75. The zero-order valence-electron chi connectivity index (χ0n) is 6.46. The smallest absolute Gasteiger partial charge is 0.119 e. The van der Waals surface area contributed by atoms with Crippen LogP contribution in [-0.4, -0.2) is 9.55 Å². The molecular weight excluding hydrogens is 138 g/mol. The van der Waals surface area contributed by atoms with Crippen LogP contribution in [0.3, 0.4) is 0 Å². The van der Waals surface area contributed by atoms with Crippen molar-refractivity contribution in [1.82, 2.24) is 9.55 Å². The topological polar surface area (TPSA) is 46.7 Å². The van der Waals surface area contributed by atoms with Crippen molar-refractivity contribution in [2.45, 2.75) is 13.5 Å². The summed E-state index contributed by atoms with van der Waals surface area (Å²) >= 11 is 0. The molecule has 0 aliphatic heterocycles. The quantitative estimate of drug-likeness (QED) is 0.635. The molecule has 0 saturated heterocycles. The minimum Gasteiger partial charge on any atom is -0.385 e. The van der Waals surface area contributed by atoms with Crippen LogP contribution >= 0.6 is 0 Å². The first kappa shape index (κ1) is 6.34. The highest BCUT2D eigenvalue weighted by molar-refractivity contribution is 5.81. The molecule has 3 heteroatoms. The first-order valence-electron chi connectivity index (χ1n) is 3.75. The summed E-state index contributed by atoms with van der Waals surface area (Å²) in [4.78, 5) is 3.14. The molecule has 0 aliphatic carbocycles. The second-order valence-corrected chi connectivity index (χ2v) is 2.60. The van der Waals surface area contributed by atoms with Crippen molar-refractivity contribution in [1.29, 1.82) is 0 Å². The Bertz CT molecular complexity index is 369. The van der Waals surface area contributed by atoms with Crippen LogP contribution in [0.15, 0.2) is 18.3 Å². The van der Waals surface area contributed by atoms with Gasteiger partial charge in [0.1, 0.15) is 11.5 Å². The van der Waals surface area contributed by atoms with Crippen molar-refractivity contribution >= 4 is 16.9 Å². The molecule has 2 rings (SSSR count). The number of nitrogens with two attached hydrogens (primary N) is 1. The SMILES string of the molecule is CCn1c(N)cc2cc[nH]c21. The van der Waals surface area contributed by atoms with Crippen molar-refractivity contribution in [3.63, 3.8) is 0 Å². The number of hydrogen-bond acceptors (Lipinski definition) is 1. The second-order valence-electron chi connectivity index (χ2n) is 2.60. The Hall–Kier alpha value is -1.38. The van der Waals surface area contributed by atoms with Gasteiger partial charge in [0.15, 0.2) is 0 Å². The summed E-state index contributed by atoms with van der Waals surface area (Å²) in [5, 5.41) is 1.18. The number of nitrogens with one attached hydrogen (secondary N) is 1. The Morgan fingerprint density at radius 2 is 2.45 bits per heavy atom. The molecule has 3 N–H and O–H groups in total. The van der Waals surface area contributed by atoms with Crippen LogP contribution in [0.2, 0.25) is 0 Å². The molecule has 2 aromatic heterocycles. The lowest BCUT2D eigenvalue weighted by atomic mass is 10.4. The second kappa shape index (κ2) is 2.05. The molecule has 0 spiro atoms. The minimum absolute atomic E-state index is 0.828. The van der Waals surface area contributed by atoms with Crippen molar-refractivity contribution < 1.29 is 0 Å². The summed E-state index contributed by atoms with van der Waals surface area (Å²) in [6.07, 6.45) is 1.93. The number of fused-ring (bicyclic) bond motifs is 1. The molecular formula is C8H11N3. The van der Waals surface area contributed by atoms with E-state index in [1.807, 2.05) is 18.3 Å². The molecule has 0 aliphatic rings. The zero-order valence-corrected chi connectivity index (χ0v) is 6.46. The Labute approximate surface area is 64.8 Å². The maximum absolute atomic E-state index is 5.75. The van der Waals surface area contributed by atoms with Crippen LogP contribution in [0.4, 0.5) is 5.82 Å². The number of rotatable bonds is 1. The number of aryl methyl sites for hydroxylation is 1. The van der Waals surface area contributed by atoms with E-state index in [-0.39, 0.29) is 0 Å². The third-order valence-corrected chi connectivity index (χ3v) is 1.96. The highest BCUT2D eigenvalue weighted by Gasteiger charge is 2.03. The normalized spacial score (nSPS) is 11.0. The monoisotopic (exact) mass is 149 g/mol. The van der Waals surface area contributed by atoms with E-state index >= 15 is 0 Å². The number of nitrogen functional groups attached to an aromatic ring is 1. The molecule has 0 saturated carbocycles. The first-order valence-corrected chi connectivity index (χ1v) is 3.75. The van der Waals surface area contributed by atoms with E-state index in [9.17, 15) is 0 Å². The number of aromatic nitrogens is 2. The summed E-state index contributed by atoms with van der Waals surface area (Å²) in [7, 11) is 0. The van der Waals surface area contributed by atoms with Gasteiger partial charge < -0.3 is 15.3 Å². The van der Waals surface area contributed by atoms with Gasteiger partial charge in [0.05, 0.1) is 0 Å². The van der Waals surface area contributed by atoms with E-state index in [2.05, 4.69) is 16.5 Å². The van der Waals surface area contributed by atoms with Gasteiger partial charge in [0.25, 0.3) is 0 Å². The average molecular weight is 149 g/mol. The van der Waals surface area contributed by atoms with Crippen molar-refractivity contribution in [2.24, 2.45) is 0 Å². The fourth-order valence-electron chi connectivity index (χ4n) is 1.43. The molecule has 11 heavy (non-hydrogen) atoms. The van der Waals surface area contributed by atoms with E-state index in [4.69, 9.17) is 5.73 Å². The van der Waals surface area contributed by atoms with Crippen LogP contribution in [0.5, 0.6) is 0 Å². The van der Waals surface area contributed by atoms with E-state index in [1.165, 1.54) is 5.39 Å². The summed E-state index contributed by atoms with van der Waals surface area (Å²) in [5.74, 6) is 0.828. The first-order chi connectivity index (χ1) is 5.33. The van der Waals surface area contributed by atoms with Crippen molar-refractivity contribution in [3.8, 4) is 0 Å². The van der Waals surface area contributed by atoms with E-state index in [0.29, 0.717) is 0 Å². The minimum atomic E-state index is 0.828. The van der Waals surface area contributed by atoms with Gasteiger partial charge in [-0.2, -0.15) is 0 Å². The molecule has 3 nitrogen and oxygen atoms in total. The summed E-state index contributed by atoms with van der Waals surface area (Å²) in [6.45, 7) is 2.99. The van der Waals surface area contributed by atoms with E-state index in [0.717, 1.165) is 18.0 Å². The van der Waals surface area contributed by atoms with Crippen molar-refractivity contribution in [2.75, 3.05) is 5.73 Å². The molecule has 0 atom stereocenters. The van der Waals surface area contributed by atoms with Gasteiger partial charge in [-0.25, -0.2) is 0 Å². The summed E-state index contributed by atoms with van der Waals surface area (Å²) in [6, 6.07) is 4.01. The number of hydrogen-bond donors (Lipinski definition) is 2. The fourth-order valence-corrected chi connectivity index (χ4v) is 1.43. The average Bonchev–Trinajstić information content (AvgIpc) is 2.46. The molecule has 2 aromatic rings. The molecule has 0 unspecified atom stereocenters. The Morgan fingerprint density at radius 1 is 1.64 bits per heavy atom. The van der Waals surface area contributed by atoms with Gasteiger partial charge in [-0.05, 0) is 19.1 Å². The molecule has 0 aromatic carbocycles. The lowest BCUT2D eigenvalue weighted by Crippen LogP contribution is -1.99. The van der Waals surface area contributed by atoms with Gasteiger partial charge in [0, 0.05) is 18.1 Å². The lowest BCUT2D eigenvalue weighted by Gasteiger charge is -2.00. The molecule has 0 bridgehead atoms. The molecule has 0 amide bonds. The van der Waals surface area contributed by atoms with Crippen LogP contribution in [0.1, 0.15) is 6.92 Å². The van der Waals surface area contributed by atoms with Gasteiger partial charge in [-0.1, -0.05) is 0 Å². The molecule has 0 fully saturated rings. The van der Waals surface area contributed by atoms with E-state index in [1.54, 1.807) is 0 Å². The highest BCUT2D eigenvalue weighted by Crippen LogP contribution is 2.19. The third-order valence-electron chi connectivity index (χ3n) is 1.96. The fraction of sp³-hybridized carbons (Fsp3) is 0.250. The third kappa shape index (κ3) is 0.738. The molecule has 0 radical (unpaired) electrons. The lowest BCUT2D eigenvalue weighted by molar-refractivity contribution is 0.799. The highest BCUT2D eigenvalue weighted by atomic mass is 15.1. The number of aromatic amines is 1.